The highest BCUT2D eigenvalue weighted by molar-refractivity contribution is 6.36. The first kappa shape index (κ1) is 20.1. The second kappa shape index (κ2) is 8.14. The predicted molar refractivity (Wildman–Crippen MR) is 114 cm³/mol. The smallest absolute Gasteiger partial charge is 0.278 e. The van der Waals surface area contributed by atoms with Crippen LogP contribution in [-0.4, -0.2) is 29.2 Å². The van der Waals surface area contributed by atoms with Crippen molar-refractivity contribution in [3.8, 4) is 0 Å². The monoisotopic (exact) mass is 389 g/mol. The minimum atomic E-state index is -0.392. The second-order valence-corrected chi connectivity index (χ2v) is 6.89. The third-order valence-electron chi connectivity index (χ3n) is 4.84. The molecule has 2 aromatic carbocycles. The molecule has 3 amide bonds. The summed E-state index contributed by atoms with van der Waals surface area (Å²) >= 11 is 0. The molecule has 0 unspecified atom stereocenters. The number of carbonyl (C=O) groups excluding carboxylic acids is 3. The lowest BCUT2D eigenvalue weighted by atomic mass is 10.0. The molecule has 2 aromatic rings. The standard InChI is InChI=1S/C23H23N3O3/c1-5-13-26-22(28)20(17-9-11-18(12-10-17)24-16(4)27)21(23(26)29)25-19-8-6-7-14(2)15(19)3/h5-12,25H,1,13H2,2-4H3,(H,24,27). The molecule has 0 bridgehead atoms. The lowest BCUT2D eigenvalue weighted by molar-refractivity contribution is -0.136. The molecule has 1 heterocycles. The first-order valence-corrected chi connectivity index (χ1v) is 9.26. The number of rotatable bonds is 6. The van der Waals surface area contributed by atoms with Crippen LogP contribution in [0.15, 0.2) is 60.8 Å². The zero-order chi connectivity index (χ0) is 21.1. The van der Waals surface area contributed by atoms with Crippen LogP contribution in [0.3, 0.4) is 0 Å². The number of imide groups is 1. The molecule has 0 aromatic heterocycles. The van der Waals surface area contributed by atoms with E-state index in [1.54, 1.807) is 24.3 Å². The van der Waals surface area contributed by atoms with Crippen molar-refractivity contribution in [1.82, 2.24) is 4.90 Å². The molecule has 6 nitrogen and oxygen atoms in total. The molecular weight excluding hydrogens is 366 g/mol. The molecule has 29 heavy (non-hydrogen) atoms. The van der Waals surface area contributed by atoms with Gasteiger partial charge in [-0.15, -0.1) is 6.58 Å². The van der Waals surface area contributed by atoms with E-state index in [4.69, 9.17) is 0 Å². The Morgan fingerprint density at radius 1 is 1.07 bits per heavy atom. The molecule has 1 aliphatic heterocycles. The molecule has 0 saturated heterocycles. The van der Waals surface area contributed by atoms with Crippen LogP contribution in [0.5, 0.6) is 0 Å². The van der Waals surface area contributed by atoms with E-state index in [0.717, 1.165) is 21.7 Å². The van der Waals surface area contributed by atoms with Crippen LogP contribution in [0.1, 0.15) is 23.6 Å². The molecule has 0 saturated carbocycles. The first-order valence-electron chi connectivity index (χ1n) is 9.26. The summed E-state index contributed by atoms with van der Waals surface area (Å²) in [4.78, 5) is 38.4. The van der Waals surface area contributed by atoms with E-state index in [-0.39, 0.29) is 24.1 Å². The summed E-state index contributed by atoms with van der Waals surface area (Å²) in [6, 6.07) is 12.6. The van der Waals surface area contributed by atoms with Crippen LogP contribution in [-0.2, 0) is 14.4 Å². The van der Waals surface area contributed by atoms with Crippen LogP contribution in [0.25, 0.3) is 5.57 Å². The van der Waals surface area contributed by atoms with Crippen LogP contribution in [0.4, 0.5) is 11.4 Å². The predicted octanol–water partition coefficient (Wildman–Crippen LogP) is 3.64. The highest BCUT2D eigenvalue weighted by atomic mass is 16.2. The highest BCUT2D eigenvalue weighted by Crippen LogP contribution is 2.32. The van der Waals surface area contributed by atoms with Gasteiger partial charge in [0.05, 0.1) is 5.57 Å². The summed E-state index contributed by atoms with van der Waals surface area (Å²) in [6.45, 7) is 9.14. The minimum absolute atomic E-state index is 0.128. The fourth-order valence-electron chi connectivity index (χ4n) is 3.20. The van der Waals surface area contributed by atoms with Crippen LogP contribution >= 0.6 is 0 Å². The Hall–Kier alpha value is -3.67. The lowest BCUT2D eigenvalue weighted by Crippen LogP contribution is -2.32. The third-order valence-corrected chi connectivity index (χ3v) is 4.84. The van der Waals surface area contributed by atoms with Crippen molar-refractivity contribution in [2.45, 2.75) is 20.8 Å². The maximum atomic E-state index is 13.0. The van der Waals surface area contributed by atoms with Crippen molar-refractivity contribution in [3.63, 3.8) is 0 Å². The zero-order valence-electron chi connectivity index (χ0n) is 16.7. The van der Waals surface area contributed by atoms with E-state index < -0.39 is 5.91 Å². The van der Waals surface area contributed by atoms with E-state index in [1.807, 2.05) is 32.0 Å². The van der Waals surface area contributed by atoms with Crippen molar-refractivity contribution < 1.29 is 14.4 Å². The Kier molecular flexibility index (Phi) is 5.64. The molecule has 3 rings (SSSR count). The molecule has 0 fully saturated rings. The van der Waals surface area contributed by atoms with Crippen LogP contribution in [0, 0.1) is 13.8 Å². The van der Waals surface area contributed by atoms with E-state index >= 15 is 0 Å². The van der Waals surface area contributed by atoms with E-state index in [0.29, 0.717) is 16.8 Å². The Bertz CT molecular complexity index is 1040. The summed E-state index contributed by atoms with van der Waals surface area (Å²) < 4.78 is 0. The Morgan fingerprint density at radius 3 is 2.38 bits per heavy atom. The Morgan fingerprint density at radius 2 is 1.76 bits per heavy atom. The van der Waals surface area contributed by atoms with Gasteiger partial charge >= 0.3 is 0 Å². The number of hydrogen-bond donors (Lipinski definition) is 2. The zero-order valence-corrected chi connectivity index (χ0v) is 16.7. The fraction of sp³-hybridized carbons (Fsp3) is 0.174. The average Bonchev–Trinajstić information content (AvgIpc) is 2.90. The maximum absolute atomic E-state index is 13.0. The Labute approximate surface area is 169 Å². The van der Waals surface area contributed by atoms with Gasteiger partial charge < -0.3 is 10.6 Å². The van der Waals surface area contributed by atoms with Crippen molar-refractivity contribution in [2.75, 3.05) is 17.2 Å². The molecule has 0 aliphatic carbocycles. The van der Waals surface area contributed by atoms with Crippen molar-refractivity contribution in [2.24, 2.45) is 0 Å². The van der Waals surface area contributed by atoms with Crippen molar-refractivity contribution >= 4 is 34.7 Å². The van der Waals surface area contributed by atoms with Gasteiger partial charge in [0.1, 0.15) is 5.70 Å². The molecular formula is C23H23N3O3. The summed E-state index contributed by atoms with van der Waals surface area (Å²) in [5.41, 5.74) is 4.60. The largest absolute Gasteiger partial charge is 0.350 e. The minimum Gasteiger partial charge on any atom is -0.350 e. The van der Waals surface area contributed by atoms with E-state index in [2.05, 4.69) is 17.2 Å². The summed E-state index contributed by atoms with van der Waals surface area (Å²) in [5.74, 6) is -0.953. The quantitative estimate of drug-likeness (QED) is 0.584. The van der Waals surface area contributed by atoms with Gasteiger partial charge in [-0.25, -0.2) is 0 Å². The van der Waals surface area contributed by atoms with E-state index in [9.17, 15) is 14.4 Å². The van der Waals surface area contributed by atoms with E-state index in [1.165, 1.54) is 13.0 Å². The third kappa shape index (κ3) is 3.96. The number of hydrogen-bond acceptors (Lipinski definition) is 4. The van der Waals surface area contributed by atoms with Gasteiger partial charge in [0.15, 0.2) is 0 Å². The lowest BCUT2D eigenvalue weighted by Gasteiger charge is -2.14. The SMILES string of the molecule is C=CCN1C(=O)C(Nc2cccc(C)c2C)=C(c2ccc(NC(C)=O)cc2)C1=O. The number of carbonyl (C=O) groups is 3. The molecule has 2 N–H and O–H groups in total. The molecule has 6 heteroatoms. The molecule has 0 spiro atoms. The average molecular weight is 389 g/mol. The summed E-state index contributed by atoms with van der Waals surface area (Å²) in [5, 5.41) is 5.87. The second-order valence-electron chi connectivity index (χ2n) is 6.89. The van der Waals surface area contributed by atoms with Gasteiger partial charge in [-0.3, -0.25) is 19.3 Å². The molecule has 148 valence electrons. The maximum Gasteiger partial charge on any atom is 0.278 e. The van der Waals surface area contributed by atoms with Gasteiger partial charge in [-0.1, -0.05) is 30.3 Å². The normalized spacial score (nSPS) is 13.7. The van der Waals surface area contributed by atoms with Crippen LogP contribution in [0.2, 0.25) is 0 Å². The first-order chi connectivity index (χ1) is 13.8. The summed E-state index contributed by atoms with van der Waals surface area (Å²) in [6.07, 6.45) is 1.52. The number of aryl methyl sites for hydroxylation is 1. The number of nitrogens with zero attached hydrogens (tertiary/aromatic N) is 1. The number of anilines is 2. The van der Waals surface area contributed by atoms with Crippen molar-refractivity contribution in [1.29, 1.82) is 0 Å². The number of benzene rings is 2. The topological polar surface area (TPSA) is 78.5 Å². The van der Waals surface area contributed by atoms with Gasteiger partial charge in [0.2, 0.25) is 5.91 Å². The van der Waals surface area contributed by atoms with Crippen LogP contribution < -0.4 is 10.6 Å². The van der Waals surface area contributed by atoms with Gasteiger partial charge in [-0.2, -0.15) is 0 Å². The molecule has 0 radical (unpaired) electrons. The molecule has 0 atom stereocenters. The fourth-order valence-corrected chi connectivity index (χ4v) is 3.20. The van der Waals surface area contributed by atoms with Gasteiger partial charge in [0.25, 0.3) is 11.8 Å². The number of nitrogens with one attached hydrogen (secondary N) is 2. The van der Waals surface area contributed by atoms with Gasteiger partial charge in [0, 0.05) is 24.8 Å². The number of amides is 3. The van der Waals surface area contributed by atoms with Crippen molar-refractivity contribution in [3.05, 3.63) is 77.5 Å². The summed E-state index contributed by atoms with van der Waals surface area (Å²) in [7, 11) is 0. The molecule has 1 aliphatic rings. The van der Waals surface area contributed by atoms with Gasteiger partial charge in [-0.05, 0) is 48.7 Å². The Balaban J connectivity index is 2.07. The highest BCUT2D eigenvalue weighted by Gasteiger charge is 2.38.